The van der Waals surface area contributed by atoms with Crippen molar-refractivity contribution in [1.82, 2.24) is 9.73 Å². The highest BCUT2D eigenvalue weighted by Crippen LogP contribution is 2.29. The number of halogens is 2. The van der Waals surface area contributed by atoms with Gasteiger partial charge in [0, 0.05) is 17.7 Å². The summed E-state index contributed by atoms with van der Waals surface area (Å²) in [6.45, 7) is 0. The Morgan fingerprint density at radius 2 is 1.80 bits per heavy atom. The number of rotatable bonds is 3. The lowest BCUT2D eigenvalue weighted by atomic mass is 10.1. The van der Waals surface area contributed by atoms with Crippen LogP contribution < -0.4 is 4.72 Å². The number of amides is 2. The van der Waals surface area contributed by atoms with Gasteiger partial charge in [-0.25, -0.2) is 22.9 Å². The van der Waals surface area contributed by atoms with Crippen LogP contribution in [0.5, 0.6) is 0 Å². The molecule has 25 heavy (non-hydrogen) atoms. The lowest BCUT2D eigenvalue weighted by molar-refractivity contribution is 0.192. The molecule has 0 radical (unpaired) electrons. The van der Waals surface area contributed by atoms with Crippen LogP contribution in [0, 0.1) is 0 Å². The standard InChI is InChI=1S/C16H13Cl2N3O3S/c17-12-7-5-11(6-8-12)14-9-10-19-21(14)16(22)20-25(23,24)15-4-2-1-3-13(15)18/h1-8,10,14H,9H2,(H,20,22). The number of carbonyl (C=O) groups excluding carboxylic acids is 1. The van der Waals surface area contributed by atoms with Crippen molar-refractivity contribution in [3.8, 4) is 0 Å². The van der Waals surface area contributed by atoms with E-state index in [0.29, 0.717) is 11.4 Å². The predicted octanol–water partition coefficient (Wildman–Crippen LogP) is 3.82. The Hall–Kier alpha value is -2.09. The van der Waals surface area contributed by atoms with Gasteiger partial charge in [-0.3, -0.25) is 0 Å². The molecule has 1 N–H and O–H groups in total. The van der Waals surface area contributed by atoms with E-state index < -0.39 is 22.1 Å². The lowest BCUT2D eigenvalue weighted by Gasteiger charge is -2.22. The van der Waals surface area contributed by atoms with Crippen molar-refractivity contribution in [2.45, 2.75) is 17.4 Å². The zero-order valence-electron chi connectivity index (χ0n) is 12.8. The molecule has 0 aliphatic carbocycles. The van der Waals surface area contributed by atoms with E-state index in [1.807, 2.05) is 4.72 Å². The summed E-state index contributed by atoms with van der Waals surface area (Å²) in [5.41, 5.74) is 0.798. The number of benzene rings is 2. The second-order valence-corrected chi connectivity index (χ2v) is 7.78. The second kappa shape index (κ2) is 7.03. The van der Waals surface area contributed by atoms with E-state index in [1.54, 1.807) is 36.5 Å². The number of hydrazone groups is 1. The van der Waals surface area contributed by atoms with Crippen molar-refractivity contribution >= 4 is 45.5 Å². The molecule has 1 atom stereocenters. The number of nitrogens with one attached hydrogen (secondary N) is 1. The molecule has 1 unspecified atom stereocenters. The summed E-state index contributed by atoms with van der Waals surface area (Å²) >= 11 is 11.8. The molecule has 0 spiro atoms. The van der Waals surface area contributed by atoms with E-state index in [4.69, 9.17) is 23.2 Å². The average molecular weight is 398 g/mol. The molecule has 6 nitrogen and oxygen atoms in total. The van der Waals surface area contributed by atoms with Crippen LogP contribution in [0.3, 0.4) is 0 Å². The van der Waals surface area contributed by atoms with Crippen LogP contribution in [0.2, 0.25) is 10.0 Å². The minimum absolute atomic E-state index is 0.0296. The Bertz CT molecular complexity index is 930. The molecule has 2 amide bonds. The van der Waals surface area contributed by atoms with Crippen molar-refractivity contribution in [3.05, 3.63) is 64.1 Å². The molecular weight excluding hydrogens is 385 g/mol. The molecule has 1 aliphatic rings. The van der Waals surface area contributed by atoms with E-state index in [-0.39, 0.29) is 9.92 Å². The summed E-state index contributed by atoms with van der Waals surface area (Å²) in [5.74, 6) is 0. The number of nitrogens with zero attached hydrogens (tertiary/aromatic N) is 2. The van der Waals surface area contributed by atoms with E-state index in [2.05, 4.69) is 5.10 Å². The van der Waals surface area contributed by atoms with Gasteiger partial charge in [-0.1, -0.05) is 47.5 Å². The third kappa shape index (κ3) is 3.78. The van der Waals surface area contributed by atoms with E-state index in [1.165, 1.54) is 18.2 Å². The second-order valence-electron chi connectivity index (χ2n) is 5.29. The minimum Gasteiger partial charge on any atom is -0.245 e. The van der Waals surface area contributed by atoms with Crippen LogP contribution in [0.4, 0.5) is 4.79 Å². The van der Waals surface area contributed by atoms with Crippen LogP contribution in [-0.2, 0) is 10.0 Å². The van der Waals surface area contributed by atoms with Gasteiger partial charge in [0.2, 0.25) is 0 Å². The molecular formula is C16H13Cl2N3O3S. The van der Waals surface area contributed by atoms with Crippen molar-refractivity contribution in [2.24, 2.45) is 5.10 Å². The summed E-state index contributed by atoms with van der Waals surface area (Å²) in [6.07, 6.45) is 2.03. The van der Waals surface area contributed by atoms with E-state index in [0.717, 1.165) is 10.6 Å². The van der Waals surface area contributed by atoms with Crippen LogP contribution in [0.25, 0.3) is 0 Å². The number of sulfonamides is 1. The number of hydrogen-bond acceptors (Lipinski definition) is 4. The predicted molar refractivity (Wildman–Crippen MR) is 96.3 cm³/mol. The quantitative estimate of drug-likeness (QED) is 0.854. The molecule has 9 heteroatoms. The Morgan fingerprint density at radius 3 is 2.48 bits per heavy atom. The molecule has 0 saturated carbocycles. The summed E-state index contributed by atoms with van der Waals surface area (Å²) in [7, 11) is -4.11. The summed E-state index contributed by atoms with van der Waals surface area (Å²) in [5, 5.41) is 5.68. The Kier molecular flexibility index (Phi) is 4.99. The van der Waals surface area contributed by atoms with Crippen molar-refractivity contribution in [1.29, 1.82) is 0 Å². The van der Waals surface area contributed by atoms with Gasteiger partial charge in [-0.15, -0.1) is 0 Å². The maximum absolute atomic E-state index is 12.4. The lowest BCUT2D eigenvalue weighted by Crippen LogP contribution is -2.40. The highest BCUT2D eigenvalue weighted by molar-refractivity contribution is 7.90. The maximum atomic E-state index is 12.4. The molecule has 130 valence electrons. The van der Waals surface area contributed by atoms with E-state index >= 15 is 0 Å². The molecule has 0 fully saturated rings. The normalized spacial score (nSPS) is 16.9. The fraction of sp³-hybridized carbons (Fsp3) is 0.125. The zero-order valence-corrected chi connectivity index (χ0v) is 15.1. The summed E-state index contributed by atoms with van der Waals surface area (Å²) < 4.78 is 26.8. The first kappa shape index (κ1) is 17.7. The maximum Gasteiger partial charge on any atom is 0.352 e. The van der Waals surface area contributed by atoms with Crippen LogP contribution >= 0.6 is 23.2 Å². The number of urea groups is 1. The smallest absolute Gasteiger partial charge is 0.245 e. The first-order chi connectivity index (χ1) is 11.9. The molecule has 0 bridgehead atoms. The van der Waals surface area contributed by atoms with Gasteiger partial charge in [-0.05, 0) is 29.8 Å². The first-order valence-corrected chi connectivity index (χ1v) is 9.51. The largest absolute Gasteiger partial charge is 0.352 e. The Morgan fingerprint density at radius 1 is 1.12 bits per heavy atom. The highest BCUT2D eigenvalue weighted by atomic mass is 35.5. The summed E-state index contributed by atoms with van der Waals surface area (Å²) in [4.78, 5) is 12.3. The SMILES string of the molecule is O=C(NS(=O)(=O)c1ccccc1Cl)N1N=CCC1c1ccc(Cl)cc1. The van der Waals surface area contributed by atoms with Crippen molar-refractivity contribution in [3.63, 3.8) is 0 Å². The first-order valence-electron chi connectivity index (χ1n) is 7.27. The van der Waals surface area contributed by atoms with Gasteiger partial charge in [0.1, 0.15) is 4.90 Å². The van der Waals surface area contributed by atoms with Gasteiger partial charge >= 0.3 is 6.03 Å². The zero-order chi connectivity index (χ0) is 18.0. The Labute approximate surface area is 155 Å². The van der Waals surface area contributed by atoms with Gasteiger partial charge in [-0.2, -0.15) is 5.10 Å². The van der Waals surface area contributed by atoms with Crippen molar-refractivity contribution in [2.75, 3.05) is 0 Å². The number of hydrogen-bond donors (Lipinski definition) is 1. The van der Waals surface area contributed by atoms with Gasteiger partial charge in [0.25, 0.3) is 10.0 Å². The van der Waals surface area contributed by atoms with Crippen molar-refractivity contribution < 1.29 is 13.2 Å². The molecule has 3 rings (SSSR count). The average Bonchev–Trinajstić information content (AvgIpc) is 3.05. The third-order valence-electron chi connectivity index (χ3n) is 3.64. The van der Waals surface area contributed by atoms with Gasteiger partial charge in [0.05, 0.1) is 11.1 Å². The third-order valence-corrected chi connectivity index (χ3v) is 5.71. The fourth-order valence-electron chi connectivity index (χ4n) is 2.45. The van der Waals surface area contributed by atoms with Crippen LogP contribution in [0.1, 0.15) is 18.0 Å². The fourth-order valence-corrected chi connectivity index (χ4v) is 4.03. The van der Waals surface area contributed by atoms with E-state index in [9.17, 15) is 13.2 Å². The molecule has 2 aromatic rings. The Balaban J connectivity index is 1.81. The van der Waals surface area contributed by atoms with Gasteiger partial charge in [0.15, 0.2) is 0 Å². The minimum atomic E-state index is -4.11. The molecule has 0 aromatic heterocycles. The molecule has 0 saturated heterocycles. The van der Waals surface area contributed by atoms with Crippen LogP contribution in [-0.4, -0.2) is 25.7 Å². The molecule has 1 aliphatic heterocycles. The topological polar surface area (TPSA) is 78.8 Å². The highest BCUT2D eigenvalue weighted by Gasteiger charge is 2.31. The summed E-state index contributed by atoms with van der Waals surface area (Å²) in [6, 6.07) is 11.6. The monoisotopic (exact) mass is 397 g/mol. The van der Waals surface area contributed by atoms with Gasteiger partial charge < -0.3 is 0 Å². The molecule has 2 aromatic carbocycles. The van der Waals surface area contributed by atoms with Crippen LogP contribution in [0.15, 0.2) is 58.5 Å². The number of carbonyl (C=O) groups is 1. The molecule has 1 heterocycles.